The van der Waals surface area contributed by atoms with E-state index in [1.807, 2.05) is 36.2 Å². The quantitative estimate of drug-likeness (QED) is 0.474. The Balaban J connectivity index is 1.47. The van der Waals surface area contributed by atoms with Crippen LogP contribution in [0, 0.1) is 10.1 Å². The van der Waals surface area contributed by atoms with Crippen LogP contribution in [0.4, 0.5) is 5.69 Å². The number of nitrogens with one attached hydrogen (secondary N) is 1. The standard InChI is InChI=1S/C18H20N4O4/c1-21(11-18-19-16-4-2-3-5-17(16)20-18)10-14(23)12-26-15-8-6-13(7-9-15)22(24)25/h2-9,14,23H,10-12H2,1H3,(H,19,20). The average molecular weight is 356 g/mol. The van der Waals surface area contributed by atoms with Gasteiger partial charge in [-0.05, 0) is 31.3 Å². The minimum absolute atomic E-state index is 0.00321. The molecule has 0 saturated carbocycles. The Hall–Kier alpha value is -2.97. The van der Waals surface area contributed by atoms with E-state index >= 15 is 0 Å². The lowest BCUT2D eigenvalue weighted by Crippen LogP contribution is -2.33. The number of benzene rings is 2. The molecule has 0 aliphatic carbocycles. The van der Waals surface area contributed by atoms with Crippen molar-refractivity contribution >= 4 is 16.7 Å². The van der Waals surface area contributed by atoms with Gasteiger partial charge in [-0.15, -0.1) is 0 Å². The maximum Gasteiger partial charge on any atom is 0.269 e. The molecule has 2 aromatic carbocycles. The van der Waals surface area contributed by atoms with E-state index in [9.17, 15) is 15.2 Å². The topological polar surface area (TPSA) is 105 Å². The van der Waals surface area contributed by atoms with Crippen molar-refractivity contribution in [3.63, 3.8) is 0 Å². The van der Waals surface area contributed by atoms with Gasteiger partial charge in [-0.3, -0.25) is 15.0 Å². The Bertz CT molecular complexity index is 845. The Kier molecular flexibility index (Phi) is 5.45. The number of aliphatic hydroxyl groups excluding tert-OH is 1. The Labute approximate surface area is 150 Å². The van der Waals surface area contributed by atoms with E-state index < -0.39 is 11.0 Å². The smallest absolute Gasteiger partial charge is 0.269 e. The molecule has 0 saturated heterocycles. The molecule has 3 rings (SSSR count). The monoisotopic (exact) mass is 356 g/mol. The molecule has 8 heteroatoms. The number of aliphatic hydroxyl groups is 1. The Morgan fingerprint density at radius 3 is 2.69 bits per heavy atom. The van der Waals surface area contributed by atoms with E-state index in [-0.39, 0.29) is 12.3 Å². The minimum atomic E-state index is -0.695. The fourth-order valence-corrected chi connectivity index (χ4v) is 2.67. The van der Waals surface area contributed by atoms with E-state index in [0.29, 0.717) is 18.8 Å². The van der Waals surface area contributed by atoms with Crippen molar-refractivity contribution in [3.05, 3.63) is 64.5 Å². The van der Waals surface area contributed by atoms with Gasteiger partial charge < -0.3 is 14.8 Å². The van der Waals surface area contributed by atoms with Crippen LogP contribution < -0.4 is 4.74 Å². The maximum absolute atomic E-state index is 10.6. The number of hydrogen-bond donors (Lipinski definition) is 2. The summed E-state index contributed by atoms with van der Waals surface area (Å²) in [4.78, 5) is 19.9. The van der Waals surface area contributed by atoms with Gasteiger partial charge in [-0.25, -0.2) is 4.98 Å². The third-order valence-electron chi connectivity index (χ3n) is 3.87. The van der Waals surface area contributed by atoms with Crippen LogP contribution in [0.1, 0.15) is 5.82 Å². The average Bonchev–Trinajstić information content (AvgIpc) is 3.02. The van der Waals surface area contributed by atoms with Crippen molar-refractivity contribution in [2.75, 3.05) is 20.2 Å². The number of rotatable bonds is 8. The van der Waals surface area contributed by atoms with Crippen molar-refractivity contribution in [1.29, 1.82) is 0 Å². The van der Waals surface area contributed by atoms with Crippen LogP contribution >= 0.6 is 0 Å². The summed E-state index contributed by atoms with van der Waals surface area (Å²) in [5.74, 6) is 1.31. The molecule has 0 spiro atoms. The molecule has 0 aliphatic rings. The molecule has 1 unspecified atom stereocenters. The first-order valence-corrected chi connectivity index (χ1v) is 8.19. The lowest BCUT2D eigenvalue weighted by Gasteiger charge is -2.19. The zero-order chi connectivity index (χ0) is 18.5. The van der Waals surface area contributed by atoms with Gasteiger partial charge in [0.25, 0.3) is 5.69 Å². The third kappa shape index (κ3) is 4.56. The number of nitro groups is 1. The second kappa shape index (κ2) is 7.94. The molecule has 136 valence electrons. The van der Waals surface area contributed by atoms with Crippen molar-refractivity contribution < 1.29 is 14.8 Å². The number of aromatic nitrogens is 2. The van der Waals surface area contributed by atoms with Crippen LogP contribution in [0.2, 0.25) is 0 Å². The highest BCUT2D eigenvalue weighted by Crippen LogP contribution is 2.17. The molecule has 0 fully saturated rings. The number of para-hydroxylation sites is 2. The number of likely N-dealkylation sites (N-methyl/N-ethyl adjacent to an activating group) is 1. The Morgan fingerprint density at radius 2 is 2.00 bits per heavy atom. The minimum Gasteiger partial charge on any atom is -0.491 e. The first-order chi connectivity index (χ1) is 12.5. The lowest BCUT2D eigenvalue weighted by atomic mass is 10.3. The molecule has 1 aromatic heterocycles. The zero-order valence-electron chi connectivity index (χ0n) is 14.3. The molecule has 0 amide bonds. The normalized spacial score (nSPS) is 12.4. The summed E-state index contributed by atoms with van der Waals surface area (Å²) in [5.41, 5.74) is 1.90. The fourth-order valence-electron chi connectivity index (χ4n) is 2.67. The van der Waals surface area contributed by atoms with Crippen LogP contribution in [0.25, 0.3) is 11.0 Å². The van der Waals surface area contributed by atoms with Gasteiger partial charge in [0, 0.05) is 18.7 Å². The predicted octanol–water partition coefficient (Wildman–Crippen LogP) is 2.34. The van der Waals surface area contributed by atoms with Gasteiger partial charge in [0.2, 0.25) is 0 Å². The summed E-state index contributed by atoms with van der Waals surface area (Å²) in [6, 6.07) is 13.6. The molecule has 26 heavy (non-hydrogen) atoms. The van der Waals surface area contributed by atoms with E-state index in [4.69, 9.17) is 4.74 Å². The van der Waals surface area contributed by atoms with Gasteiger partial charge >= 0.3 is 0 Å². The van der Waals surface area contributed by atoms with Crippen LogP contribution in [0.3, 0.4) is 0 Å². The van der Waals surface area contributed by atoms with Gasteiger partial charge in [0.1, 0.15) is 24.3 Å². The van der Waals surface area contributed by atoms with Crippen molar-refractivity contribution in [1.82, 2.24) is 14.9 Å². The van der Waals surface area contributed by atoms with Gasteiger partial charge in [-0.1, -0.05) is 12.1 Å². The molecule has 0 radical (unpaired) electrons. The number of fused-ring (bicyclic) bond motifs is 1. The van der Waals surface area contributed by atoms with Gasteiger partial charge in [0.15, 0.2) is 0 Å². The summed E-state index contributed by atoms with van der Waals surface area (Å²) in [5, 5.41) is 20.8. The van der Waals surface area contributed by atoms with Crippen molar-refractivity contribution in [2.45, 2.75) is 12.6 Å². The van der Waals surface area contributed by atoms with Crippen LogP contribution in [0.15, 0.2) is 48.5 Å². The largest absolute Gasteiger partial charge is 0.491 e. The van der Waals surface area contributed by atoms with E-state index in [0.717, 1.165) is 16.9 Å². The van der Waals surface area contributed by atoms with E-state index in [1.165, 1.54) is 24.3 Å². The number of ether oxygens (including phenoxy) is 1. The summed E-state index contributed by atoms with van der Waals surface area (Å²) in [7, 11) is 1.89. The third-order valence-corrected chi connectivity index (χ3v) is 3.87. The SMILES string of the molecule is CN(Cc1nc2ccccc2[nH]1)CC(O)COc1ccc([N+](=O)[O-])cc1. The number of non-ortho nitro benzene ring substituents is 1. The van der Waals surface area contributed by atoms with Crippen molar-refractivity contribution in [2.24, 2.45) is 0 Å². The molecule has 1 atom stereocenters. The maximum atomic E-state index is 10.6. The lowest BCUT2D eigenvalue weighted by molar-refractivity contribution is -0.384. The molecule has 0 bridgehead atoms. The zero-order valence-corrected chi connectivity index (χ0v) is 14.3. The number of hydrogen-bond acceptors (Lipinski definition) is 6. The second-order valence-corrected chi connectivity index (χ2v) is 6.11. The summed E-state index contributed by atoms with van der Waals surface area (Å²) >= 11 is 0. The molecular weight excluding hydrogens is 336 g/mol. The number of aromatic amines is 1. The first-order valence-electron chi connectivity index (χ1n) is 8.19. The van der Waals surface area contributed by atoms with Crippen LogP contribution in [0.5, 0.6) is 5.75 Å². The van der Waals surface area contributed by atoms with Gasteiger partial charge in [-0.2, -0.15) is 0 Å². The molecule has 2 N–H and O–H groups in total. The fraction of sp³-hybridized carbons (Fsp3) is 0.278. The summed E-state index contributed by atoms with van der Waals surface area (Å²) in [6.45, 7) is 1.08. The Morgan fingerprint density at radius 1 is 1.27 bits per heavy atom. The number of nitrogens with zero attached hydrogens (tertiary/aromatic N) is 3. The summed E-state index contributed by atoms with van der Waals surface area (Å²) in [6.07, 6.45) is -0.695. The highest BCUT2D eigenvalue weighted by molar-refractivity contribution is 5.74. The van der Waals surface area contributed by atoms with E-state index in [1.54, 1.807) is 0 Å². The number of nitro benzene ring substituents is 1. The molecule has 0 aliphatic heterocycles. The summed E-state index contributed by atoms with van der Waals surface area (Å²) < 4.78 is 5.48. The van der Waals surface area contributed by atoms with Crippen molar-refractivity contribution in [3.8, 4) is 5.75 Å². The van der Waals surface area contributed by atoms with E-state index in [2.05, 4.69) is 9.97 Å². The predicted molar refractivity (Wildman–Crippen MR) is 97.0 cm³/mol. The number of H-pyrrole nitrogens is 1. The van der Waals surface area contributed by atoms with Crippen LogP contribution in [-0.2, 0) is 6.54 Å². The molecular formula is C18H20N4O4. The molecule has 8 nitrogen and oxygen atoms in total. The molecule has 3 aromatic rings. The highest BCUT2D eigenvalue weighted by atomic mass is 16.6. The second-order valence-electron chi connectivity index (χ2n) is 6.11. The molecule has 1 heterocycles. The first kappa shape index (κ1) is 17.8. The highest BCUT2D eigenvalue weighted by Gasteiger charge is 2.12. The van der Waals surface area contributed by atoms with Crippen LogP contribution in [-0.4, -0.2) is 51.2 Å². The number of imidazole rings is 1. The van der Waals surface area contributed by atoms with Gasteiger partial charge in [0.05, 0.1) is 22.5 Å².